The Kier molecular flexibility index (Phi) is 5.34. The molecule has 5 rings (SSSR count). The predicted molar refractivity (Wildman–Crippen MR) is 107 cm³/mol. The number of hydrogen-bond donors (Lipinski definition) is 1. The molecule has 30 heavy (non-hydrogen) atoms. The van der Waals surface area contributed by atoms with Crippen molar-refractivity contribution in [3.8, 4) is 0 Å². The molecule has 0 radical (unpaired) electrons. The third-order valence-corrected chi connectivity index (χ3v) is 7.62. The van der Waals surface area contributed by atoms with Gasteiger partial charge >= 0.3 is 0 Å². The Morgan fingerprint density at radius 2 is 1.73 bits per heavy atom. The highest BCUT2D eigenvalue weighted by atomic mass is 17.0. The summed E-state index contributed by atoms with van der Waals surface area (Å²) < 4.78 is 0. The van der Waals surface area contributed by atoms with E-state index in [-0.39, 0.29) is 16.2 Å². The first-order chi connectivity index (χ1) is 14.3. The fourth-order valence-corrected chi connectivity index (χ4v) is 7.65. The van der Waals surface area contributed by atoms with Crippen molar-refractivity contribution in [1.82, 2.24) is 0 Å². The van der Waals surface area contributed by atoms with Crippen LogP contribution >= 0.6 is 0 Å². The van der Waals surface area contributed by atoms with E-state index in [4.69, 9.17) is 10.6 Å². The second kappa shape index (κ2) is 7.68. The molecule has 0 amide bonds. The zero-order valence-electron chi connectivity index (χ0n) is 17.0. The van der Waals surface area contributed by atoms with E-state index < -0.39 is 22.9 Å². The molecule has 9 nitrogen and oxygen atoms in total. The third kappa shape index (κ3) is 3.95. The molecule has 164 valence electrons. The molecule has 1 aromatic carbocycles. The summed E-state index contributed by atoms with van der Waals surface area (Å²) in [6.07, 6.45) is 6.57. The third-order valence-electron chi connectivity index (χ3n) is 7.62. The molecule has 0 aromatic heterocycles. The van der Waals surface area contributed by atoms with E-state index in [0.717, 1.165) is 44.9 Å². The second-order valence-corrected chi connectivity index (χ2v) is 9.87. The summed E-state index contributed by atoms with van der Waals surface area (Å²) in [5, 5.41) is 19.9. The van der Waals surface area contributed by atoms with E-state index in [1.54, 1.807) is 0 Å². The molecule has 0 spiro atoms. The van der Waals surface area contributed by atoms with Crippen LogP contribution in [0.5, 0.6) is 0 Å². The average Bonchev–Trinajstić information content (AvgIpc) is 2.65. The Morgan fingerprint density at radius 1 is 1.03 bits per heavy atom. The first-order valence-electron chi connectivity index (χ1n) is 10.6. The fraction of sp³-hybridized carbons (Fsp3) is 0.714. The maximum absolute atomic E-state index is 11.0. The smallest absolute Gasteiger partial charge is 0.294 e. The Labute approximate surface area is 175 Å². The van der Waals surface area contributed by atoms with E-state index in [1.165, 1.54) is 5.56 Å². The number of nitrogens with zero attached hydrogens (tertiary/aromatic N) is 2. The molecule has 4 saturated carbocycles. The Bertz CT molecular complexity index is 807. The van der Waals surface area contributed by atoms with Crippen molar-refractivity contribution in [2.75, 3.05) is 13.2 Å². The van der Waals surface area contributed by atoms with Gasteiger partial charge in [0, 0.05) is 0 Å². The van der Waals surface area contributed by atoms with Gasteiger partial charge in [-0.1, -0.05) is 30.3 Å². The van der Waals surface area contributed by atoms with Crippen LogP contribution in [0.1, 0.15) is 56.9 Å². The molecule has 4 aliphatic carbocycles. The van der Waals surface area contributed by atoms with E-state index in [0.29, 0.717) is 18.9 Å². The largest absolute Gasteiger partial charge is 0.330 e. The van der Waals surface area contributed by atoms with Gasteiger partial charge in [-0.05, 0) is 85.6 Å². The van der Waals surface area contributed by atoms with Gasteiger partial charge in [-0.25, -0.2) is 0 Å². The van der Waals surface area contributed by atoms with Crippen LogP contribution in [0.4, 0.5) is 0 Å². The SMILES string of the molecule is NCCC12CC3CC(CC(CO[N+](=O)[O-])O[N+](=O)[O-])(C1)CC(c1ccccc1)(C3)C2. The highest BCUT2D eigenvalue weighted by Crippen LogP contribution is 2.72. The summed E-state index contributed by atoms with van der Waals surface area (Å²) in [5.41, 5.74) is 7.32. The molecule has 1 aromatic rings. The predicted octanol–water partition coefficient (Wildman–Crippen LogP) is 3.42. The molecule has 0 saturated heterocycles. The molecule has 4 bridgehead atoms. The van der Waals surface area contributed by atoms with Gasteiger partial charge < -0.3 is 15.4 Å². The monoisotopic (exact) mass is 419 g/mol. The van der Waals surface area contributed by atoms with Crippen LogP contribution < -0.4 is 5.73 Å². The van der Waals surface area contributed by atoms with Crippen LogP contribution in [0.3, 0.4) is 0 Å². The Balaban J connectivity index is 1.66. The standard InChI is InChI=1S/C21H29N3O6/c22-7-6-19-8-16-9-20(13-19,11-18(30-24(27)28)12-29-23(25)26)15-21(10-16,14-19)17-4-2-1-3-5-17/h1-5,16,18H,6-15,22H2. The lowest BCUT2D eigenvalue weighted by atomic mass is 9.37. The second-order valence-electron chi connectivity index (χ2n) is 9.87. The topological polar surface area (TPSA) is 131 Å². The van der Waals surface area contributed by atoms with Gasteiger partial charge in [0.05, 0.1) is 0 Å². The van der Waals surface area contributed by atoms with Crippen molar-refractivity contribution in [1.29, 1.82) is 0 Å². The van der Waals surface area contributed by atoms with Gasteiger partial charge in [0.25, 0.3) is 10.2 Å². The first-order valence-corrected chi connectivity index (χ1v) is 10.6. The molecular formula is C21H29N3O6. The normalized spacial score (nSPS) is 35.0. The van der Waals surface area contributed by atoms with Crippen LogP contribution in [0.25, 0.3) is 0 Å². The maximum Gasteiger partial charge on any atom is 0.294 e. The molecule has 4 fully saturated rings. The molecule has 4 aliphatic rings. The van der Waals surface area contributed by atoms with Crippen LogP contribution in [0, 0.1) is 37.0 Å². The highest BCUT2D eigenvalue weighted by molar-refractivity contribution is 5.32. The quantitative estimate of drug-likeness (QED) is 0.454. The van der Waals surface area contributed by atoms with Crippen molar-refractivity contribution in [3.05, 3.63) is 56.1 Å². The molecule has 2 N–H and O–H groups in total. The van der Waals surface area contributed by atoms with Crippen LogP contribution in [-0.4, -0.2) is 29.4 Å². The summed E-state index contributed by atoms with van der Waals surface area (Å²) in [7, 11) is 0. The Morgan fingerprint density at radius 3 is 2.40 bits per heavy atom. The fourth-order valence-electron chi connectivity index (χ4n) is 7.65. The molecule has 0 heterocycles. The van der Waals surface area contributed by atoms with E-state index >= 15 is 0 Å². The number of benzene rings is 1. The van der Waals surface area contributed by atoms with Gasteiger partial charge in [-0.2, -0.15) is 0 Å². The lowest BCUT2D eigenvalue weighted by molar-refractivity contribution is -0.790. The van der Waals surface area contributed by atoms with E-state index in [1.807, 2.05) is 6.07 Å². The number of hydrogen-bond acceptors (Lipinski definition) is 7. The highest BCUT2D eigenvalue weighted by Gasteiger charge is 2.63. The zero-order chi connectivity index (χ0) is 21.4. The van der Waals surface area contributed by atoms with E-state index in [2.05, 4.69) is 29.1 Å². The van der Waals surface area contributed by atoms with Gasteiger partial charge in [0.15, 0.2) is 0 Å². The summed E-state index contributed by atoms with van der Waals surface area (Å²) in [5.74, 6) is 0.528. The number of nitrogens with two attached hydrogens (primary N) is 1. The average molecular weight is 419 g/mol. The minimum Gasteiger partial charge on any atom is -0.330 e. The summed E-state index contributed by atoms with van der Waals surface area (Å²) >= 11 is 0. The number of rotatable bonds is 10. The van der Waals surface area contributed by atoms with Crippen molar-refractivity contribution >= 4 is 0 Å². The van der Waals surface area contributed by atoms with Crippen LogP contribution in [0.15, 0.2) is 30.3 Å². The van der Waals surface area contributed by atoms with Crippen molar-refractivity contribution in [2.24, 2.45) is 22.5 Å². The summed E-state index contributed by atoms with van der Waals surface area (Å²) in [6, 6.07) is 10.5. The minimum atomic E-state index is -0.954. The minimum absolute atomic E-state index is 0.0268. The van der Waals surface area contributed by atoms with Gasteiger partial charge in [-0.3, -0.25) is 0 Å². The van der Waals surface area contributed by atoms with Crippen molar-refractivity contribution in [2.45, 2.75) is 62.9 Å². The van der Waals surface area contributed by atoms with Gasteiger partial charge in [0.2, 0.25) is 0 Å². The summed E-state index contributed by atoms with van der Waals surface area (Å²) in [6.45, 7) is 0.190. The van der Waals surface area contributed by atoms with Gasteiger partial charge in [0.1, 0.15) is 12.7 Å². The summed E-state index contributed by atoms with van der Waals surface area (Å²) in [4.78, 5) is 31.0. The Hall–Kier alpha value is -2.42. The first kappa shape index (κ1) is 20.8. The van der Waals surface area contributed by atoms with Crippen molar-refractivity contribution in [3.63, 3.8) is 0 Å². The van der Waals surface area contributed by atoms with Crippen LogP contribution in [-0.2, 0) is 15.1 Å². The lowest BCUT2D eigenvalue weighted by Gasteiger charge is -2.67. The van der Waals surface area contributed by atoms with E-state index in [9.17, 15) is 20.2 Å². The zero-order valence-corrected chi connectivity index (χ0v) is 17.0. The maximum atomic E-state index is 11.0. The molecular weight excluding hydrogens is 390 g/mol. The molecule has 0 aliphatic heterocycles. The van der Waals surface area contributed by atoms with Crippen molar-refractivity contribution < 1.29 is 19.8 Å². The molecule has 5 unspecified atom stereocenters. The van der Waals surface area contributed by atoms with Gasteiger partial charge in [-0.15, -0.1) is 20.2 Å². The van der Waals surface area contributed by atoms with Crippen LogP contribution in [0.2, 0.25) is 0 Å². The molecule has 9 heteroatoms. The lowest BCUT2D eigenvalue weighted by Crippen LogP contribution is -2.59. The molecule has 5 atom stereocenters.